The number of fused-ring (bicyclic) bond motifs is 7. The molecule has 0 radical (unpaired) electrons. The summed E-state index contributed by atoms with van der Waals surface area (Å²) < 4.78 is 11.3. The standard InChI is InChI=1S/C24H31N3O3/c28-24(25-19-6-7-21-22(14-19)30-11-10-29-21)27-9-3-4-16-12-17-13-18(23(16)27)15-26-8-2-1-5-20(17)26/h6-7,12,14,17-18,20,23H,1-5,8-11,13,15H2,(H,25,28)/t17-,18-,20-,23-/m0/s1. The molecule has 0 unspecified atom stereocenters. The highest BCUT2D eigenvalue weighted by Crippen LogP contribution is 2.45. The number of anilines is 1. The maximum atomic E-state index is 13.3. The number of nitrogens with one attached hydrogen (secondary N) is 1. The third-order valence-electron chi connectivity index (χ3n) is 7.71. The maximum absolute atomic E-state index is 13.3. The zero-order valence-electron chi connectivity index (χ0n) is 17.5. The predicted octanol–water partition coefficient (Wildman–Crippen LogP) is 3.88. The summed E-state index contributed by atoms with van der Waals surface area (Å²) in [5.41, 5.74) is 2.29. The van der Waals surface area contributed by atoms with Crippen LogP contribution in [0.1, 0.15) is 38.5 Å². The second kappa shape index (κ2) is 7.49. The largest absolute Gasteiger partial charge is 0.486 e. The molecule has 5 aliphatic rings. The number of hydrogen-bond donors (Lipinski definition) is 1. The van der Waals surface area contributed by atoms with E-state index < -0.39 is 0 Å². The lowest BCUT2D eigenvalue weighted by Crippen LogP contribution is -2.60. The normalized spacial score (nSPS) is 32.5. The number of carbonyl (C=O) groups excluding carboxylic acids is 1. The lowest BCUT2D eigenvalue weighted by Gasteiger charge is -2.54. The van der Waals surface area contributed by atoms with Gasteiger partial charge in [-0.15, -0.1) is 0 Å². The molecule has 1 aliphatic carbocycles. The summed E-state index contributed by atoms with van der Waals surface area (Å²) in [6.07, 6.45) is 10.1. The molecule has 3 fully saturated rings. The van der Waals surface area contributed by atoms with Crippen LogP contribution in [0.15, 0.2) is 29.8 Å². The first kappa shape index (κ1) is 18.6. The molecule has 4 heterocycles. The summed E-state index contributed by atoms with van der Waals surface area (Å²) in [5, 5.41) is 3.14. The van der Waals surface area contributed by atoms with E-state index in [9.17, 15) is 4.79 Å². The summed E-state index contributed by atoms with van der Waals surface area (Å²) in [6.45, 7) is 4.34. The van der Waals surface area contributed by atoms with Crippen LogP contribution < -0.4 is 14.8 Å². The number of urea groups is 1. The molecular formula is C24H31N3O3. The molecule has 3 saturated heterocycles. The van der Waals surface area contributed by atoms with Crippen LogP contribution in [-0.4, -0.2) is 60.8 Å². The maximum Gasteiger partial charge on any atom is 0.322 e. The number of hydrogen-bond acceptors (Lipinski definition) is 4. The number of amides is 2. The van der Waals surface area contributed by atoms with Gasteiger partial charge in [-0.3, -0.25) is 4.90 Å². The van der Waals surface area contributed by atoms with E-state index in [-0.39, 0.29) is 12.1 Å². The van der Waals surface area contributed by atoms with Crippen LogP contribution in [0.5, 0.6) is 11.5 Å². The lowest BCUT2D eigenvalue weighted by molar-refractivity contribution is 0.00908. The van der Waals surface area contributed by atoms with E-state index in [0.717, 1.165) is 43.4 Å². The second-order valence-electron chi connectivity index (χ2n) is 9.49. The Hall–Kier alpha value is -2.21. The van der Waals surface area contributed by atoms with Crippen molar-refractivity contribution in [2.75, 3.05) is 38.2 Å². The van der Waals surface area contributed by atoms with Crippen molar-refractivity contribution in [2.45, 2.75) is 50.6 Å². The summed E-state index contributed by atoms with van der Waals surface area (Å²) in [7, 11) is 0. The summed E-state index contributed by atoms with van der Waals surface area (Å²) in [5.74, 6) is 2.72. The number of ether oxygens (including phenoxy) is 2. The fourth-order valence-corrected chi connectivity index (χ4v) is 6.52. The van der Waals surface area contributed by atoms with Crippen LogP contribution in [0.3, 0.4) is 0 Å². The first-order valence-corrected chi connectivity index (χ1v) is 11.7. The number of likely N-dealkylation sites (tertiary alicyclic amines) is 1. The van der Waals surface area contributed by atoms with E-state index in [2.05, 4.69) is 21.2 Å². The molecule has 1 N–H and O–H groups in total. The van der Waals surface area contributed by atoms with E-state index in [4.69, 9.17) is 9.47 Å². The highest BCUT2D eigenvalue weighted by atomic mass is 16.6. The minimum absolute atomic E-state index is 0.0153. The Morgan fingerprint density at radius 3 is 2.90 bits per heavy atom. The van der Waals surface area contributed by atoms with Gasteiger partial charge in [0, 0.05) is 30.9 Å². The Morgan fingerprint density at radius 2 is 1.97 bits per heavy atom. The first-order valence-electron chi connectivity index (χ1n) is 11.7. The van der Waals surface area contributed by atoms with Crippen LogP contribution in [-0.2, 0) is 0 Å². The number of nitrogens with zero attached hydrogens (tertiary/aromatic N) is 2. The predicted molar refractivity (Wildman–Crippen MR) is 115 cm³/mol. The zero-order valence-corrected chi connectivity index (χ0v) is 17.5. The molecule has 2 amide bonds. The minimum Gasteiger partial charge on any atom is -0.486 e. The van der Waals surface area contributed by atoms with Crippen molar-refractivity contribution < 1.29 is 14.3 Å². The van der Waals surface area contributed by atoms with Gasteiger partial charge in [0.25, 0.3) is 0 Å². The molecule has 6 nitrogen and oxygen atoms in total. The van der Waals surface area contributed by atoms with Gasteiger partial charge < -0.3 is 19.7 Å². The van der Waals surface area contributed by atoms with Crippen molar-refractivity contribution in [2.24, 2.45) is 11.8 Å². The Kier molecular flexibility index (Phi) is 4.63. The van der Waals surface area contributed by atoms with E-state index in [1.165, 1.54) is 37.8 Å². The number of piperidine rings is 3. The van der Waals surface area contributed by atoms with E-state index >= 15 is 0 Å². The highest BCUT2D eigenvalue weighted by molar-refractivity contribution is 5.90. The molecule has 0 saturated carbocycles. The van der Waals surface area contributed by atoms with Crippen LogP contribution in [0.4, 0.5) is 10.5 Å². The molecule has 0 aromatic heterocycles. The molecule has 4 atom stereocenters. The van der Waals surface area contributed by atoms with Crippen molar-refractivity contribution >= 4 is 11.7 Å². The third-order valence-corrected chi connectivity index (χ3v) is 7.71. The molecule has 160 valence electrons. The van der Waals surface area contributed by atoms with Gasteiger partial charge in [-0.2, -0.15) is 0 Å². The second-order valence-corrected chi connectivity index (χ2v) is 9.49. The molecule has 4 aliphatic heterocycles. The Morgan fingerprint density at radius 1 is 1.07 bits per heavy atom. The quantitative estimate of drug-likeness (QED) is 0.715. The van der Waals surface area contributed by atoms with Crippen molar-refractivity contribution in [3.8, 4) is 11.5 Å². The smallest absolute Gasteiger partial charge is 0.322 e. The van der Waals surface area contributed by atoms with Gasteiger partial charge >= 0.3 is 6.03 Å². The van der Waals surface area contributed by atoms with Gasteiger partial charge in [0.2, 0.25) is 0 Å². The number of rotatable bonds is 1. The van der Waals surface area contributed by atoms with Gasteiger partial charge in [-0.25, -0.2) is 4.79 Å². The van der Waals surface area contributed by atoms with Crippen LogP contribution in [0, 0.1) is 11.8 Å². The Labute approximate surface area is 178 Å². The third kappa shape index (κ3) is 3.16. The van der Waals surface area contributed by atoms with Gasteiger partial charge in [-0.05, 0) is 62.6 Å². The Bertz CT molecular complexity index is 869. The van der Waals surface area contributed by atoms with Crippen LogP contribution >= 0.6 is 0 Å². The molecule has 6 rings (SSSR count). The summed E-state index contributed by atoms with van der Waals surface area (Å²) in [6, 6.07) is 6.68. The minimum atomic E-state index is 0.0153. The zero-order chi connectivity index (χ0) is 20.1. The van der Waals surface area contributed by atoms with Crippen molar-refractivity contribution in [3.63, 3.8) is 0 Å². The fourth-order valence-electron chi connectivity index (χ4n) is 6.52. The average molecular weight is 410 g/mol. The lowest BCUT2D eigenvalue weighted by atomic mass is 9.68. The van der Waals surface area contributed by atoms with Crippen LogP contribution in [0.25, 0.3) is 0 Å². The number of benzene rings is 1. The average Bonchev–Trinajstić information content (AvgIpc) is 2.78. The number of carbonyl (C=O) groups is 1. The Balaban J connectivity index is 1.23. The van der Waals surface area contributed by atoms with Gasteiger partial charge in [-0.1, -0.05) is 18.1 Å². The highest BCUT2D eigenvalue weighted by Gasteiger charge is 2.46. The van der Waals surface area contributed by atoms with Gasteiger partial charge in [0.15, 0.2) is 11.5 Å². The van der Waals surface area contributed by atoms with Crippen LogP contribution in [0.2, 0.25) is 0 Å². The molecule has 30 heavy (non-hydrogen) atoms. The molecular weight excluding hydrogens is 378 g/mol. The summed E-state index contributed by atoms with van der Waals surface area (Å²) >= 11 is 0. The molecule has 6 heteroatoms. The molecule has 0 spiro atoms. The molecule has 1 aromatic carbocycles. The van der Waals surface area contributed by atoms with Gasteiger partial charge in [0.1, 0.15) is 13.2 Å². The van der Waals surface area contributed by atoms with Crippen molar-refractivity contribution in [3.05, 3.63) is 29.8 Å². The van der Waals surface area contributed by atoms with E-state index in [1.807, 2.05) is 18.2 Å². The van der Waals surface area contributed by atoms with E-state index in [0.29, 0.717) is 30.8 Å². The first-order chi connectivity index (χ1) is 14.8. The molecule has 1 aromatic rings. The van der Waals surface area contributed by atoms with Crippen molar-refractivity contribution in [1.29, 1.82) is 0 Å². The van der Waals surface area contributed by atoms with Crippen molar-refractivity contribution in [1.82, 2.24) is 9.80 Å². The summed E-state index contributed by atoms with van der Waals surface area (Å²) in [4.78, 5) is 18.2. The topological polar surface area (TPSA) is 54.0 Å². The van der Waals surface area contributed by atoms with Gasteiger partial charge in [0.05, 0.1) is 6.04 Å². The monoisotopic (exact) mass is 409 g/mol. The molecule has 2 bridgehead atoms. The fraction of sp³-hybridized carbons (Fsp3) is 0.625. The van der Waals surface area contributed by atoms with E-state index in [1.54, 1.807) is 0 Å². The SMILES string of the molecule is O=C(Nc1ccc2c(c1)OCCO2)N1CCCC2=C[C@H]3C[C@@H](CN4CCCC[C@@H]34)[C@H]21.